The van der Waals surface area contributed by atoms with Crippen molar-refractivity contribution in [3.05, 3.63) is 42.0 Å². The van der Waals surface area contributed by atoms with Crippen LogP contribution in [0.15, 0.2) is 30.8 Å². The molecule has 1 nitrogen and oxygen atoms in total. The van der Waals surface area contributed by atoms with Gasteiger partial charge in [-0.05, 0) is 18.4 Å². The molecule has 0 saturated carbocycles. The molecule has 1 aromatic carbocycles. The summed E-state index contributed by atoms with van der Waals surface area (Å²) < 4.78 is 1.09. The molecule has 1 heteroatoms. The molecule has 0 heterocycles. The third-order valence-corrected chi connectivity index (χ3v) is 4.94. The SMILES string of the molecule is C=Cc1ccc(C[N+](C)(C)CCCCCCCCCCCC)cc1. The van der Waals surface area contributed by atoms with E-state index in [-0.39, 0.29) is 0 Å². The number of unbranched alkanes of at least 4 members (excludes halogenated alkanes) is 9. The van der Waals surface area contributed by atoms with Crippen molar-refractivity contribution in [2.75, 3.05) is 20.6 Å². The van der Waals surface area contributed by atoms with E-state index in [4.69, 9.17) is 0 Å². The fourth-order valence-corrected chi connectivity index (χ4v) is 3.36. The van der Waals surface area contributed by atoms with Crippen LogP contribution in [0.3, 0.4) is 0 Å². The molecule has 0 spiro atoms. The molecule has 0 amide bonds. The second-order valence-electron chi connectivity index (χ2n) is 7.95. The molecular formula is C23H40N+. The van der Waals surface area contributed by atoms with E-state index in [0.29, 0.717) is 0 Å². The summed E-state index contributed by atoms with van der Waals surface area (Å²) in [5, 5.41) is 0. The Morgan fingerprint density at radius 1 is 0.792 bits per heavy atom. The molecule has 0 fully saturated rings. The molecule has 0 saturated heterocycles. The molecule has 1 rings (SSSR count). The quantitative estimate of drug-likeness (QED) is 0.259. The summed E-state index contributed by atoms with van der Waals surface area (Å²) >= 11 is 0. The van der Waals surface area contributed by atoms with Crippen molar-refractivity contribution in [1.29, 1.82) is 0 Å². The van der Waals surface area contributed by atoms with Gasteiger partial charge in [-0.15, -0.1) is 0 Å². The van der Waals surface area contributed by atoms with Gasteiger partial charge in [-0.3, -0.25) is 0 Å². The Labute approximate surface area is 151 Å². The Bertz CT molecular complexity index is 430. The standard InChI is InChI=1S/C23H40N/c1-5-7-8-9-10-11-12-13-14-15-20-24(3,4)21-23-18-16-22(6-2)17-19-23/h6,16-19H,2,5,7-15,20-21H2,1,3-4H3/q+1. The third-order valence-electron chi connectivity index (χ3n) is 4.94. The van der Waals surface area contributed by atoms with Gasteiger partial charge in [0.25, 0.3) is 0 Å². The molecule has 0 atom stereocenters. The zero-order valence-electron chi connectivity index (χ0n) is 16.5. The lowest BCUT2D eigenvalue weighted by molar-refractivity contribution is -0.903. The molecule has 136 valence electrons. The van der Waals surface area contributed by atoms with Crippen molar-refractivity contribution < 1.29 is 4.48 Å². The van der Waals surface area contributed by atoms with Crippen LogP contribution in [0, 0.1) is 0 Å². The highest BCUT2D eigenvalue weighted by Crippen LogP contribution is 2.15. The Balaban J connectivity index is 2.09. The molecule has 0 radical (unpaired) electrons. The van der Waals surface area contributed by atoms with Crippen LogP contribution < -0.4 is 0 Å². The fraction of sp³-hybridized carbons (Fsp3) is 0.652. The molecule has 0 aromatic heterocycles. The van der Waals surface area contributed by atoms with Crippen LogP contribution in [0.4, 0.5) is 0 Å². The van der Waals surface area contributed by atoms with E-state index < -0.39 is 0 Å². The lowest BCUT2D eigenvalue weighted by Gasteiger charge is -2.30. The van der Waals surface area contributed by atoms with E-state index in [1.165, 1.54) is 81.9 Å². The molecule has 24 heavy (non-hydrogen) atoms. The number of hydrogen-bond acceptors (Lipinski definition) is 0. The van der Waals surface area contributed by atoms with Crippen LogP contribution in [-0.2, 0) is 6.54 Å². The summed E-state index contributed by atoms with van der Waals surface area (Å²) in [6.07, 6.45) is 16.1. The average molecular weight is 331 g/mol. The normalized spacial score (nSPS) is 11.6. The molecular weight excluding hydrogens is 290 g/mol. The number of hydrogen-bond donors (Lipinski definition) is 0. The lowest BCUT2D eigenvalue weighted by Crippen LogP contribution is -2.39. The zero-order chi connectivity index (χ0) is 17.7. The second kappa shape index (κ2) is 12.3. The highest BCUT2D eigenvalue weighted by Gasteiger charge is 2.15. The first-order valence-electron chi connectivity index (χ1n) is 10.1. The monoisotopic (exact) mass is 330 g/mol. The number of rotatable bonds is 14. The summed E-state index contributed by atoms with van der Waals surface area (Å²) in [6.45, 7) is 8.51. The van der Waals surface area contributed by atoms with Gasteiger partial charge in [-0.2, -0.15) is 0 Å². The Morgan fingerprint density at radius 2 is 1.29 bits per heavy atom. The van der Waals surface area contributed by atoms with Crippen LogP contribution in [0.2, 0.25) is 0 Å². The van der Waals surface area contributed by atoms with Gasteiger partial charge in [0.15, 0.2) is 0 Å². The maximum atomic E-state index is 3.82. The summed E-state index contributed by atoms with van der Waals surface area (Å²) in [5.74, 6) is 0. The Hall–Kier alpha value is -1.08. The van der Waals surface area contributed by atoms with Crippen molar-refractivity contribution in [1.82, 2.24) is 0 Å². The van der Waals surface area contributed by atoms with Gasteiger partial charge in [0.2, 0.25) is 0 Å². The minimum absolute atomic E-state index is 1.09. The summed E-state index contributed by atoms with van der Waals surface area (Å²) in [4.78, 5) is 0. The predicted molar refractivity (Wildman–Crippen MR) is 109 cm³/mol. The van der Waals surface area contributed by atoms with Crippen LogP contribution in [0.5, 0.6) is 0 Å². The predicted octanol–water partition coefficient (Wildman–Crippen LogP) is 6.83. The zero-order valence-corrected chi connectivity index (χ0v) is 16.5. The van der Waals surface area contributed by atoms with Crippen LogP contribution in [-0.4, -0.2) is 25.1 Å². The maximum absolute atomic E-state index is 3.82. The first-order chi connectivity index (χ1) is 11.6. The van der Waals surface area contributed by atoms with E-state index in [1.807, 2.05) is 6.08 Å². The van der Waals surface area contributed by atoms with Crippen molar-refractivity contribution in [2.45, 2.75) is 77.7 Å². The van der Waals surface area contributed by atoms with Gasteiger partial charge in [-0.1, -0.05) is 95.2 Å². The van der Waals surface area contributed by atoms with Crippen molar-refractivity contribution in [3.8, 4) is 0 Å². The number of nitrogens with zero attached hydrogens (tertiary/aromatic N) is 1. The van der Waals surface area contributed by atoms with Gasteiger partial charge in [-0.25, -0.2) is 0 Å². The smallest absolute Gasteiger partial charge is 0.104 e. The highest BCUT2D eigenvalue weighted by atomic mass is 15.3. The highest BCUT2D eigenvalue weighted by molar-refractivity contribution is 5.47. The van der Waals surface area contributed by atoms with Crippen LogP contribution in [0.1, 0.15) is 82.3 Å². The summed E-state index contributed by atoms with van der Waals surface area (Å²) in [7, 11) is 4.71. The van der Waals surface area contributed by atoms with E-state index in [9.17, 15) is 0 Å². The number of benzene rings is 1. The van der Waals surface area contributed by atoms with Crippen molar-refractivity contribution in [3.63, 3.8) is 0 Å². The molecule has 1 aromatic rings. The topological polar surface area (TPSA) is 0 Å². The fourth-order valence-electron chi connectivity index (χ4n) is 3.36. The Kier molecular flexibility index (Phi) is 10.7. The molecule has 0 bridgehead atoms. The van der Waals surface area contributed by atoms with Gasteiger partial charge in [0.05, 0.1) is 20.6 Å². The molecule has 0 aliphatic heterocycles. The van der Waals surface area contributed by atoms with Crippen molar-refractivity contribution in [2.24, 2.45) is 0 Å². The largest absolute Gasteiger partial charge is 0.325 e. The molecule has 0 aliphatic rings. The first kappa shape index (κ1) is 21.0. The van der Waals surface area contributed by atoms with Crippen molar-refractivity contribution >= 4 is 6.08 Å². The molecule has 0 aliphatic carbocycles. The summed E-state index contributed by atoms with van der Waals surface area (Å²) in [5.41, 5.74) is 2.64. The van der Waals surface area contributed by atoms with Gasteiger partial charge in [0.1, 0.15) is 6.54 Å². The van der Waals surface area contributed by atoms with Gasteiger partial charge >= 0.3 is 0 Å². The van der Waals surface area contributed by atoms with E-state index in [0.717, 1.165) is 11.0 Å². The van der Waals surface area contributed by atoms with E-state index in [1.54, 1.807) is 0 Å². The van der Waals surface area contributed by atoms with Gasteiger partial charge < -0.3 is 4.48 Å². The summed E-state index contributed by atoms with van der Waals surface area (Å²) in [6, 6.07) is 8.83. The van der Waals surface area contributed by atoms with E-state index >= 15 is 0 Å². The third kappa shape index (κ3) is 9.93. The maximum Gasteiger partial charge on any atom is 0.104 e. The van der Waals surface area contributed by atoms with E-state index in [2.05, 4.69) is 51.9 Å². The minimum Gasteiger partial charge on any atom is -0.325 e. The van der Waals surface area contributed by atoms with Crippen LogP contribution >= 0.6 is 0 Å². The average Bonchev–Trinajstić information content (AvgIpc) is 2.57. The molecule has 0 N–H and O–H groups in total. The Morgan fingerprint density at radius 3 is 1.79 bits per heavy atom. The second-order valence-corrected chi connectivity index (χ2v) is 7.95. The minimum atomic E-state index is 1.09. The lowest BCUT2D eigenvalue weighted by atomic mass is 10.1. The first-order valence-corrected chi connectivity index (χ1v) is 10.1. The number of quaternary nitrogens is 1. The molecule has 0 unspecified atom stereocenters. The van der Waals surface area contributed by atoms with Gasteiger partial charge in [0, 0.05) is 5.56 Å². The van der Waals surface area contributed by atoms with Crippen LogP contribution in [0.25, 0.3) is 6.08 Å².